The molecule has 2 aliphatic rings. The molecule has 1 fully saturated rings. The molecule has 9 heteroatoms. The maximum Gasteiger partial charge on any atom is 0.269 e. The monoisotopic (exact) mass is 500 g/mol. The van der Waals surface area contributed by atoms with Gasteiger partial charge in [0.25, 0.3) is 5.91 Å². The van der Waals surface area contributed by atoms with Gasteiger partial charge in [0.2, 0.25) is 5.91 Å². The van der Waals surface area contributed by atoms with Gasteiger partial charge in [0.05, 0.1) is 17.4 Å². The summed E-state index contributed by atoms with van der Waals surface area (Å²) in [6.45, 7) is 9.82. The minimum absolute atomic E-state index is 0.00489. The van der Waals surface area contributed by atoms with Crippen molar-refractivity contribution in [2.75, 3.05) is 25.0 Å². The Kier molecular flexibility index (Phi) is 6.71. The molecule has 1 aromatic heterocycles. The quantitative estimate of drug-likeness (QED) is 0.500. The molecule has 3 aromatic rings. The van der Waals surface area contributed by atoms with Crippen LogP contribution in [0.1, 0.15) is 42.5 Å². The van der Waals surface area contributed by atoms with E-state index in [2.05, 4.69) is 30.6 Å². The summed E-state index contributed by atoms with van der Waals surface area (Å²) in [5.41, 5.74) is 8.38. The third-order valence-electron chi connectivity index (χ3n) is 7.13. The Balaban J connectivity index is 1.45. The van der Waals surface area contributed by atoms with Crippen molar-refractivity contribution < 1.29 is 14.3 Å². The highest BCUT2D eigenvalue weighted by Crippen LogP contribution is 2.39. The number of nitrogens with two attached hydrogens (primary N) is 1. The van der Waals surface area contributed by atoms with Gasteiger partial charge in [-0.3, -0.25) is 14.5 Å². The van der Waals surface area contributed by atoms with Crippen LogP contribution in [0.4, 0.5) is 5.69 Å². The first kappa shape index (κ1) is 24.6. The Morgan fingerprint density at radius 3 is 2.43 bits per heavy atom. The van der Waals surface area contributed by atoms with E-state index >= 15 is 0 Å². The van der Waals surface area contributed by atoms with Crippen LogP contribution in [-0.2, 0) is 4.79 Å². The molecule has 0 spiro atoms. The number of aromatic nitrogens is 2. The van der Waals surface area contributed by atoms with Gasteiger partial charge in [-0.1, -0.05) is 24.8 Å². The lowest BCUT2D eigenvalue weighted by atomic mass is 9.97. The molecule has 3 atom stereocenters. The van der Waals surface area contributed by atoms with Crippen molar-refractivity contribution in [2.24, 2.45) is 5.73 Å². The number of fused-ring (bicyclic) bond motifs is 1. The molecule has 5 rings (SSSR count). The number of carbonyl (C=O) groups is 2. The Hall–Kier alpha value is -4.11. The third kappa shape index (κ3) is 4.70. The third-order valence-corrected chi connectivity index (χ3v) is 7.13. The molecule has 37 heavy (non-hydrogen) atoms. The van der Waals surface area contributed by atoms with Gasteiger partial charge >= 0.3 is 0 Å². The van der Waals surface area contributed by atoms with Gasteiger partial charge < -0.3 is 20.7 Å². The van der Waals surface area contributed by atoms with Crippen molar-refractivity contribution in [1.29, 1.82) is 0 Å². The summed E-state index contributed by atoms with van der Waals surface area (Å²) in [5, 5.41) is 8.28. The molecule has 192 valence electrons. The molecule has 0 radical (unpaired) electrons. The van der Waals surface area contributed by atoms with Gasteiger partial charge in [-0.25, -0.2) is 4.68 Å². The number of primary amides is 1. The lowest BCUT2D eigenvalue weighted by molar-refractivity contribution is -0.132. The molecule has 0 aliphatic carbocycles. The molecule has 0 saturated carbocycles. The Morgan fingerprint density at radius 1 is 1.05 bits per heavy atom. The normalized spacial score (nSPS) is 21.6. The van der Waals surface area contributed by atoms with Crippen LogP contribution in [0.25, 0.3) is 5.69 Å². The standard InChI is InChI=1S/C28H32N6O3/c1-4-24(35)33-17-18(2)32(16-19(33)3)23-14-15-30-26-25(23)31-34(27(26)28(29)36)20-10-12-22(13-11-20)37-21-8-6-5-7-9-21/h4-13,18-19,23,30H,1,14-17H2,2-3H3,(H2,29,36)/t18-,19+,23?/m0/s1. The van der Waals surface area contributed by atoms with Crippen LogP contribution in [0.3, 0.4) is 0 Å². The second-order valence-electron chi connectivity index (χ2n) is 9.61. The number of carbonyl (C=O) groups excluding carboxylic acids is 2. The molecule has 3 N–H and O–H groups in total. The van der Waals surface area contributed by atoms with Crippen LogP contribution in [0.2, 0.25) is 0 Å². The topological polar surface area (TPSA) is 106 Å². The number of benzene rings is 2. The second-order valence-corrected chi connectivity index (χ2v) is 9.61. The van der Waals surface area contributed by atoms with Crippen molar-refractivity contribution in [3.63, 3.8) is 0 Å². The summed E-state index contributed by atoms with van der Waals surface area (Å²) in [4.78, 5) is 29.2. The smallest absolute Gasteiger partial charge is 0.269 e. The van der Waals surface area contributed by atoms with Crippen LogP contribution < -0.4 is 15.8 Å². The highest BCUT2D eigenvalue weighted by atomic mass is 16.5. The number of para-hydroxylation sites is 1. The fourth-order valence-corrected chi connectivity index (χ4v) is 5.34. The number of piperazine rings is 1. The first-order valence-corrected chi connectivity index (χ1v) is 12.6. The fourth-order valence-electron chi connectivity index (χ4n) is 5.34. The largest absolute Gasteiger partial charge is 0.457 e. The summed E-state index contributed by atoms with van der Waals surface area (Å²) >= 11 is 0. The van der Waals surface area contributed by atoms with Gasteiger partial charge in [0.15, 0.2) is 5.69 Å². The maximum absolute atomic E-state index is 12.6. The summed E-state index contributed by atoms with van der Waals surface area (Å²) < 4.78 is 7.53. The minimum Gasteiger partial charge on any atom is -0.457 e. The van der Waals surface area contributed by atoms with E-state index < -0.39 is 5.91 Å². The Morgan fingerprint density at radius 2 is 1.76 bits per heavy atom. The molecule has 1 unspecified atom stereocenters. The number of hydrogen-bond acceptors (Lipinski definition) is 6. The van der Waals surface area contributed by atoms with Gasteiger partial charge in [-0.15, -0.1) is 0 Å². The van der Waals surface area contributed by atoms with Crippen LogP contribution in [0.15, 0.2) is 67.3 Å². The van der Waals surface area contributed by atoms with E-state index in [1.807, 2.05) is 59.5 Å². The lowest BCUT2D eigenvalue weighted by Gasteiger charge is -2.47. The van der Waals surface area contributed by atoms with Gasteiger partial charge in [-0.05, 0) is 62.7 Å². The molecule has 2 aliphatic heterocycles. The highest BCUT2D eigenvalue weighted by Gasteiger charge is 2.40. The zero-order chi connectivity index (χ0) is 26.1. The molecule has 3 heterocycles. The molecule has 2 aromatic carbocycles. The predicted octanol–water partition coefficient (Wildman–Crippen LogP) is 3.73. The highest BCUT2D eigenvalue weighted by molar-refractivity contribution is 5.98. The zero-order valence-electron chi connectivity index (χ0n) is 21.1. The number of anilines is 1. The number of amides is 2. The van der Waals surface area contributed by atoms with Gasteiger partial charge in [0.1, 0.15) is 17.2 Å². The van der Waals surface area contributed by atoms with Crippen LogP contribution in [0, 0.1) is 0 Å². The van der Waals surface area contributed by atoms with E-state index in [0.29, 0.717) is 42.5 Å². The Bertz CT molecular complexity index is 1300. The molecular formula is C28H32N6O3. The summed E-state index contributed by atoms with van der Waals surface area (Å²) in [7, 11) is 0. The summed E-state index contributed by atoms with van der Waals surface area (Å²) in [6.07, 6.45) is 2.21. The van der Waals surface area contributed by atoms with Crippen LogP contribution in [-0.4, -0.2) is 63.1 Å². The van der Waals surface area contributed by atoms with E-state index in [1.165, 1.54) is 6.08 Å². The van der Waals surface area contributed by atoms with Crippen molar-refractivity contribution in [1.82, 2.24) is 19.6 Å². The average Bonchev–Trinajstić information content (AvgIpc) is 3.30. The number of nitrogens with one attached hydrogen (secondary N) is 1. The molecule has 0 bridgehead atoms. The number of rotatable bonds is 6. The number of ether oxygens (including phenoxy) is 1. The van der Waals surface area contributed by atoms with Crippen molar-refractivity contribution >= 4 is 17.5 Å². The lowest BCUT2D eigenvalue weighted by Crippen LogP contribution is -2.58. The van der Waals surface area contributed by atoms with E-state index in [-0.39, 0.29) is 24.0 Å². The Labute approximate surface area is 216 Å². The predicted molar refractivity (Wildman–Crippen MR) is 142 cm³/mol. The number of nitrogens with zero attached hydrogens (tertiary/aromatic N) is 4. The summed E-state index contributed by atoms with van der Waals surface area (Å²) in [6, 6.07) is 17.1. The average molecular weight is 501 g/mol. The molecule has 1 saturated heterocycles. The van der Waals surface area contributed by atoms with Crippen molar-refractivity contribution in [2.45, 2.75) is 38.4 Å². The zero-order valence-corrected chi connectivity index (χ0v) is 21.1. The maximum atomic E-state index is 12.6. The molecule has 9 nitrogen and oxygen atoms in total. The SMILES string of the molecule is C=CC(=O)N1C[C@H](C)N(C2CCNc3c2nn(-c2ccc(Oc4ccccc4)cc2)c3C(N)=O)C[C@H]1C. The van der Waals surface area contributed by atoms with E-state index in [4.69, 9.17) is 15.6 Å². The summed E-state index contributed by atoms with van der Waals surface area (Å²) in [5.74, 6) is 0.825. The van der Waals surface area contributed by atoms with Gasteiger partial charge in [-0.2, -0.15) is 5.10 Å². The van der Waals surface area contributed by atoms with E-state index in [1.54, 1.807) is 4.68 Å². The first-order chi connectivity index (χ1) is 17.9. The van der Waals surface area contributed by atoms with E-state index in [0.717, 1.165) is 17.9 Å². The van der Waals surface area contributed by atoms with Crippen LogP contribution in [0.5, 0.6) is 11.5 Å². The first-order valence-electron chi connectivity index (χ1n) is 12.6. The fraction of sp³-hybridized carbons (Fsp3) is 0.321. The van der Waals surface area contributed by atoms with Crippen LogP contribution >= 0.6 is 0 Å². The molecule has 2 amide bonds. The van der Waals surface area contributed by atoms with E-state index in [9.17, 15) is 9.59 Å². The van der Waals surface area contributed by atoms with Crippen molar-refractivity contribution in [3.05, 3.63) is 78.6 Å². The van der Waals surface area contributed by atoms with Gasteiger partial charge in [0, 0.05) is 31.7 Å². The number of hydrogen-bond donors (Lipinski definition) is 2. The van der Waals surface area contributed by atoms with Crippen molar-refractivity contribution in [3.8, 4) is 17.2 Å². The molecular weight excluding hydrogens is 468 g/mol. The minimum atomic E-state index is -0.547. The second kappa shape index (κ2) is 10.1.